The lowest BCUT2D eigenvalue weighted by Crippen LogP contribution is -2.29. The zero-order valence-corrected chi connectivity index (χ0v) is 18.6. The molecule has 182 valence electrons. The zero-order chi connectivity index (χ0) is 24.4. The molecule has 0 aliphatic heterocycles. The molecular formula is C22H26F3N7O2. The molecule has 1 fully saturated rings. The first-order valence-corrected chi connectivity index (χ1v) is 11.1. The molecule has 3 aromatic rings. The molecule has 0 unspecified atom stereocenters. The highest BCUT2D eigenvalue weighted by Gasteiger charge is 2.29. The second-order valence-corrected chi connectivity index (χ2v) is 8.42. The molecular weight excluding hydrogens is 451 g/mol. The van der Waals surface area contributed by atoms with Crippen molar-refractivity contribution in [2.24, 2.45) is 11.7 Å². The first-order valence-electron chi connectivity index (χ1n) is 11.1. The van der Waals surface area contributed by atoms with Gasteiger partial charge in [0.1, 0.15) is 17.0 Å². The summed E-state index contributed by atoms with van der Waals surface area (Å²) in [6.45, 7) is 1.80. The fraction of sp³-hybridized carbons (Fsp3) is 0.455. The highest BCUT2D eigenvalue weighted by atomic mass is 19.1. The van der Waals surface area contributed by atoms with Gasteiger partial charge < -0.3 is 21.5 Å². The Labute approximate surface area is 193 Å². The molecule has 34 heavy (non-hydrogen) atoms. The van der Waals surface area contributed by atoms with Gasteiger partial charge in [-0.15, -0.1) is 0 Å². The fourth-order valence-corrected chi connectivity index (χ4v) is 4.25. The number of nitrogens with two attached hydrogens (primary N) is 1. The van der Waals surface area contributed by atoms with Crippen LogP contribution in [0.5, 0.6) is 0 Å². The minimum atomic E-state index is -1.10. The average molecular weight is 477 g/mol. The van der Waals surface area contributed by atoms with Crippen LogP contribution in [0.4, 0.5) is 30.8 Å². The van der Waals surface area contributed by atoms with Gasteiger partial charge in [0.2, 0.25) is 17.8 Å². The van der Waals surface area contributed by atoms with Crippen molar-refractivity contribution in [1.29, 1.82) is 0 Å². The second-order valence-electron chi connectivity index (χ2n) is 8.42. The molecule has 2 aromatic heterocycles. The van der Waals surface area contributed by atoms with Gasteiger partial charge in [-0.2, -0.15) is 4.98 Å². The highest BCUT2D eigenvalue weighted by Crippen LogP contribution is 2.37. The Hall–Kier alpha value is -3.41. The number of hydrogen-bond acceptors (Lipinski definition) is 7. The molecule has 0 radical (unpaired) electrons. The minimum Gasteiger partial charge on any atom is -0.394 e. The average Bonchev–Trinajstić information content (AvgIpc) is 3.17. The van der Waals surface area contributed by atoms with Crippen molar-refractivity contribution in [1.82, 2.24) is 19.5 Å². The highest BCUT2D eigenvalue weighted by molar-refractivity contribution is 5.78. The van der Waals surface area contributed by atoms with Gasteiger partial charge in [0, 0.05) is 24.1 Å². The van der Waals surface area contributed by atoms with Crippen molar-refractivity contribution in [3.8, 4) is 0 Å². The summed E-state index contributed by atoms with van der Waals surface area (Å²) in [6, 6.07) is 0.730. The number of halogens is 3. The maximum atomic E-state index is 14.4. The number of aliphatic hydroxyl groups is 1. The minimum absolute atomic E-state index is 0.107. The van der Waals surface area contributed by atoms with Crippen LogP contribution in [0.15, 0.2) is 18.3 Å². The van der Waals surface area contributed by atoms with E-state index in [2.05, 4.69) is 25.6 Å². The number of hydrogen-bond donors (Lipinski definition) is 4. The summed E-state index contributed by atoms with van der Waals surface area (Å²) in [4.78, 5) is 24.8. The third-order valence-corrected chi connectivity index (χ3v) is 6.19. The van der Waals surface area contributed by atoms with E-state index in [0.29, 0.717) is 55.4 Å². The van der Waals surface area contributed by atoms with Gasteiger partial charge in [0.05, 0.1) is 18.8 Å². The normalized spacial score (nSPS) is 19.2. The summed E-state index contributed by atoms with van der Waals surface area (Å²) in [5, 5.41) is 15.2. The first kappa shape index (κ1) is 23.7. The number of benzene rings is 1. The van der Waals surface area contributed by atoms with Crippen molar-refractivity contribution < 1.29 is 23.1 Å². The van der Waals surface area contributed by atoms with Crippen LogP contribution in [0.3, 0.4) is 0 Å². The van der Waals surface area contributed by atoms with Crippen molar-refractivity contribution in [3.05, 3.63) is 35.8 Å². The number of anilines is 3. The number of aromatic nitrogens is 4. The van der Waals surface area contributed by atoms with Gasteiger partial charge in [-0.1, -0.05) is 6.92 Å². The molecule has 0 spiro atoms. The van der Waals surface area contributed by atoms with Gasteiger partial charge in [-0.3, -0.25) is 9.36 Å². The maximum Gasteiger partial charge on any atom is 0.225 e. The lowest BCUT2D eigenvalue weighted by atomic mass is 9.85. The number of aliphatic hydroxyl groups excluding tert-OH is 1. The van der Waals surface area contributed by atoms with E-state index in [4.69, 9.17) is 5.73 Å². The maximum absolute atomic E-state index is 14.4. The van der Waals surface area contributed by atoms with Crippen molar-refractivity contribution in [2.45, 2.75) is 51.1 Å². The number of imidazole rings is 1. The van der Waals surface area contributed by atoms with Gasteiger partial charge in [0.25, 0.3) is 0 Å². The van der Waals surface area contributed by atoms with Gasteiger partial charge in [-0.05, 0) is 32.1 Å². The summed E-state index contributed by atoms with van der Waals surface area (Å²) in [7, 11) is 0. The largest absolute Gasteiger partial charge is 0.394 e. The van der Waals surface area contributed by atoms with E-state index in [1.165, 1.54) is 6.20 Å². The Morgan fingerprint density at radius 2 is 1.88 bits per heavy atom. The SMILES string of the molecule is CC[C@@H](CO)Nc1ncc2nc(Nc3c(F)cc(F)cc3F)n([C@H]3CC[C@H](C(N)=O)CC3)c2n1. The molecule has 9 nitrogen and oxygen atoms in total. The van der Waals surface area contributed by atoms with Crippen molar-refractivity contribution >= 4 is 34.7 Å². The van der Waals surface area contributed by atoms with E-state index in [9.17, 15) is 23.1 Å². The standard InChI is InChI=1S/C22H26F3N7O2/c1-2-13(10-33)28-21-27-9-17-20(31-21)32(14-5-3-11(4-6-14)19(26)34)22(29-17)30-18-15(24)7-12(23)8-16(18)25/h7-9,11,13-14,33H,2-6,10H2,1H3,(H2,26,34)(H,29,30)(H,27,28,31)/t11-,13-,14-/m0/s1. The lowest BCUT2D eigenvalue weighted by molar-refractivity contribution is -0.122. The van der Waals surface area contributed by atoms with E-state index >= 15 is 0 Å². The molecule has 1 amide bonds. The summed E-state index contributed by atoms with van der Waals surface area (Å²) in [5.74, 6) is -3.45. The van der Waals surface area contributed by atoms with Crippen LogP contribution in [0, 0.1) is 23.4 Å². The Bertz CT molecular complexity index is 1170. The number of nitrogens with one attached hydrogen (secondary N) is 2. The van der Waals surface area contributed by atoms with E-state index in [1.807, 2.05) is 6.92 Å². The predicted octanol–water partition coefficient (Wildman–Crippen LogP) is 3.39. The lowest BCUT2D eigenvalue weighted by Gasteiger charge is -2.29. The summed E-state index contributed by atoms with van der Waals surface area (Å²) in [5.41, 5.74) is 5.71. The quantitative estimate of drug-likeness (QED) is 0.391. The number of carbonyl (C=O) groups excluding carboxylic acids is 1. The number of fused-ring (bicyclic) bond motifs is 1. The topological polar surface area (TPSA) is 131 Å². The summed E-state index contributed by atoms with van der Waals surface area (Å²) < 4.78 is 43.8. The van der Waals surface area contributed by atoms with E-state index in [0.717, 1.165) is 0 Å². The molecule has 5 N–H and O–H groups in total. The second kappa shape index (κ2) is 9.84. The molecule has 4 rings (SSSR count). The molecule has 1 atom stereocenters. The van der Waals surface area contributed by atoms with Gasteiger partial charge in [0.15, 0.2) is 17.3 Å². The molecule has 1 saturated carbocycles. The van der Waals surface area contributed by atoms with E-state index in [1.54, 1.807) is 4.57 Å². The smallest absolute Gasteiger partial charge is 0.225 e. The van der Waals surface area contributed by atoms with Crippen LogP contribution >= 0.6 is 0 Å². The fourth-order valence-electron chi connectivity index (χ4n) is 4.25. The van der Waals surface area contributed by atoms with Crippen molar-refractivity contribution in [2.75, 3.05) is 17.2 Å². The van der Waals surface area contributed by atoms with Crippen LogP contribution in [0.2, 0.25) is 0 Å². The molecule has 1 aromatic carbocycles. The molecule has 0 bridgehead atoms. The molecule has 1 aliphatic carbocycles. The van der Waals surface area contributed by atoms with Crippen LogP contribution < -0.4 is 16.4 Å². The Balaban J connectivity index is 1.76. The number of primary amides is 1. The van der Waals surface area contributed by atoms with Gasteiger partial charge in [-0.25, -0.2) is 23.1 Å². The Morgan fingerprint density at radius 1 is 1.21 bits per heavy atom. The summed E-state index contributed by atoms with van der Waals surface area (Å²) >= 11 is 0. The number of rotatable bonds is 8. The molecule has 12 heteroatoms. The third-order valence-electron chi connectivity index (χ3n) is 6.19. The van der Waals surface area contributed by atoms with Crippen LogP contribution in [-0.4, -0.2) is 43.2 Å². The third kappa shape index (κ3) is 4.76. The Kier molecular flexibility index (Phi) is 6.87. The molecule has 1 aliphatic rings. The van der Waals surface area contributed by atoms with Crippen LogP contribution in [0.25, 0.3) is 11.2 Å². The van der Waals surface area contributed by atoms with Crippen molar-refractivity contribution in [3.63, 3.8) is 0 Å². The molecule has 2 heterocycles. The summed E-state index contributed by atoms with van der Waals surface area (Å²) in [6.07, 6.45) is 4.37. The Morgan fingerprint density at radius 3 is 2.47 bits per heavy atom. The van der Waals surface area contributed by atoms with Crippen LogP contribution in [-0.2, 0) is 4.79 Å². The zero-order valence-electron chi connectivity index (χ0n) is 18.6. The number of carbonyl (C=O) groups is 1. The monoisotopic (exact) mass is 477 g/mol. The predicted molar refractivity (Wildman–Crippen MR) is 120 cm³/mol. The van der Waals surface area contributed by atoms with Gasteiger partial charge >= 0.3 is 0 Å². The number of amides is 1. The number of nitrogens with zero attached hydrogens (tertiary/aromatic N) is 4. The van der Waals surface area contributed by atoms with E-state index < -0.39 is 23.1 Å². The molecule has 0 saturated heterocycles. The van der Waals surface area contributed by atoms with E-state index in [-0.39, 0.29) is 42.4 Å². The first-order chi connectivity index (χ1) is 16.3. The van der Waals surface area contributed by atoms with Crippen LogP contribution in [0.1, 0.15) is 45.1 Å².